The maximum absolute atomic E-state index is 4.72. The van der Waals surface area contributed by atoms with E-state index in [1.165, 1.54) is 18.5 Å². The Kier molecular flexibility index (Phi) is 3.39. The topological polar surface area (TPSA) is 29.3 Å². The third-order valence-electron chi connectivity index (χ3n) is 4.05. The molecule has 2 heterocycles. The predicted molar refractivity (Wildman–Crippen MR) is 80.7 cm³/mol. The van der Waals surface area contributed by atoms with Gasteiger partial charge in [0.15, 0.2) is 4.96 Å². The van der Waals surface area contributed by atoms with Crippen LogP contribution in [0.2, 0.25) is 0 Å². The molecule has 4 heteroatoms. The molecule has 3 nitrogen and oxygen atoms in total. The second-order valence-electron chi connectivity index (χ2n) is 6.77. The molecule has 1 aliphatic rings. The number of hydrogen-bond acceptors (Lipinski definition) is 3. The average molecular weight is 277 g/mol. The van der Waals surface area contributed by atoms with Crippen molar-refractivity contribution >= 4 is 16.3 Å². The first kappa shape index (κ1) is 13.1. The van der Waals surface area contributed by atoms with E-state index in [0.717, 1.165) is 24.0 Å². The van der Waals surface area contributed by atoms with Crippen LogP contribution >= 0.6 is 11.3 Å². The minimum absolute atomic E-state index is 0.318. The van der Waals surface area contributed by atoms with Crippen LogP contribution in [0.25, 0.3) is 4.96 Å². The molecule has 0 radical (unpaired) electrons. The molecule has 0 aromatic carbocycles. The molecule has 0 bridgehead atoms. The van der Waals surface area contributed by atoms with Gasteiger partial charge in [0, 0.05) is 23.8 Å². The third-order valence-corrected chi connectivity index (χ3v) is 4.82. The number of hydrogen-bond donors (Lipinski definition) is 1. The molecule has 104 valence electrons. The number of thiazole rings is 1. The minimum atomic E-state index is 0.318. The zero-order valence-corrected chi connectivity index (χ0v) is 12.8. The van der Waals surface area contributed by atoms with Gasteiger partial charge in [0.1, 0.15) is 0 Å². The van der Waals surface area contributed by atoms with Crippen molar-refractivity contribution in [2.75, 3.05) is 6.54 Å². The van der Waals surface area contributed by atoms with Gasteiger partial charge in [-0.1, -0.05) is 20.8 Å². The number of nitrogens with zero attached hydrogens (tertiary/aromatic N) is 2. The van der Waals surface area contributed by atoms with Crippen LogP contribution in [-0.2, 0) is 6.42 Å². The SMILES string of the molecule is CC(C)(C)C(CNC1CC1)Cc1cn2ccsc2n1. The van der Waals surface area contributed by atoms with Crippen molar-refractivity contribution in [1.82, 2.24) is 14.7 Å². The molecule has 1 fully saturated rings. The first-order chi connectivity index (χ1) is 9.02. The van der Waals surface area contributed by atoms with Crippen molar-refractivity contribution in [1.29, 1.82) is 0 Å². The molecule has 2 aromatic rings. The fraction of sp³-hybridized carbons (Fsp3) is 0.667. The summed E-state index contributed by atoms with van der Waals surface area (Å²) < 4.78 is 2.13. The molecule has 1 unspecified atom stereocenters. The van der Waals surface area contributed by atoms with Gasteiger partial charge in [-0.05, 0) is 37.1 Å². The van der Waals surface area contributed by atoms with Crippen molar-refractivity contribution in [3.8, 4) is 0 Å². The summed E-state index contributed by atoms with van der Waals surface area (Å²) in [6, 6.07) is 0.787. The Morgan fingerprint density at radius 3 is 2.89 bits per heavy atom. The highest BCUT2D eigenvalue weighted by molar-refractivity contribution is 7.15. The van der Waals surface area contributed by atoms with Crippen LogP contribution in [-0.4, -0.2) is 22.0 Å². The molecule has 1 atom stereocenters. The van der Waals surface area contributed by atoms with E-state index in [0.29, 0.717) is 11.3 Å². The summed E-state index contributed by atoms with van der Waals surface area (Å²) in [5.41, 5.74) is 1.54. The van der Waals surface area contributed by atoms with E-state index in [9.17, 15) is 0 Å². The lowest BCUT2D eigenvalue weighted by Crippen LogP contribution is -2.34. The van der Waals surface area contributed by atoms with E-state index in [-0.39, 0.29) is 0 Å². The van der Waals surface area contributed by atoms with E-state index in [1.807, 2.05) is 0 Å². The largest absolute Gasteiger partial charge is 0.314 e. The van der Waals surface area contributed by atoms with Crippen LogP contribution in [0.3, 0.4) is 0 Å². The van der Waals surface area contributed by atoms with Crippen LogP contribution in [0.15, 0.2) is 17.8 Å². The Hall–Kier alpha value is -0.870. The Morgan fingerprint density at radius 1 is 1.47 bits per heavy atom. The molecule has 2 aromatic heterocycles. The van der Waals surface area contributed by atoms with Gasteiger partial charge in [0.05, 0.1) is 5.69 Å². The van der Waals surface area contributed by atoms with E-state index in [4.69, 9.17) is 4.98 Å². The Morgan fingerprint density at radius 2 is 2.26 bits per heavy atom. The molecular weight excluding hydrogens is 254 g/mol. The third kappa shape index (κ3) is 3.18. The highest BCUT2D eigenvalue weighted by Crippen LogP contribution is 2.30. The smallest absolute Gasteiger partial charge is 0.193 e. The molecule has 1 aliphatic carbocycles. The first-order valence-electron chi connectivity index (χ1n) is 7.17. The quantitative estimate of drug-likeness (QED) is 0.908. The Bertz CT molecular complexity index is 516. The maximum Gasteiger partial charge on any atom is 0.193 e. The summed E-state index contributed by atoms with van der Waals surface area (Å²) >= 11 is 1.71. The summed E-state index contributed by atoms with van der Waals surface area (Å²) in [7, 11) is 0. The molecule has 0 amide bonds. The molecule has 1 saturated carbocycles. The lowest BCUT2D eigenvalue weighted by molar-refractivity contribution is 0.229. The first-order valence-corrected chi connectivity index (χ1v) is 8.05. The standard InChI is InChI=1S/C15H23N3S/c1-15(2,3)11(9-16-12-4-5-12)8-13-10-18-6-7-19-14(18)17-13/h6-7,10-12,16H,4-5,8-9H2,1-3H3. The van der Waals surface area contributed by atoms with Gasteiger partial charge in [-0.25, -0.2) is 4.98 Å². The van der Waals surface area contributed by atoms with E-state index in [2.05, 4.69) is 48.3 Å². The fourth-order valence-corrected chi connectivity index (χ4v) is 3.13. The number of imidazole rings is 1. The van der Waals surface area contributed by atoms with Crippen molar-refractivity contribution < 1.29 is 0 Å². The van der Waals surface area contributed by atoms with Gasteiger partial charge in [0.2, 0.25) is 0 Å². The fourth-order valence-electron chi connectivity index (χ4n) is 2.41. The van der Waals surface area contributed by atoms with Crippen molar-refractivity contribution in [2.24, 2.45) is 11.3 Å². The summed E-state index contributed by atoms with van der Waals surface area (Å²) in [5, 5.41) is 5.76. The lowest BCUT2D eigenvalue weighted by Gasteiger charge is -2.30. The maximum atomic E-state index is 4.72. The summed E-state index contributed by atoms with van der Waals surface area (Å²) in [5.74, 6) is 0.637. The van der Waals surface area contributed by atoms with Gasteiger partial charge < -0.3 is 5.32 Å². The van der Waals surface area contributed by atoms with Gasteiger partial charge in [-0.3, -0.25) is 4.40 Å². The zero-order chi connectivity index (χ0) is 13.5. The van der Waals surface area contributed by atoms with Crippen LogP contribution in [0.1, 0.15) is 39.3 Å². The number of rotatable bonds is 5. The van der Waals surface area contributed by atoms with E-state index < -0.39 is 0 Å². The van der Waals surface area contributed by atoms with Crippen LogP contribution in [0.5, 0.6) is 0 Å². The van der Waals surface area contributed by atoms with Gasteiger partial charge in [-0.2, -0.15) is 0 Å². The second kappa shape index (κ2) is 4.91. The molecule has 0 spiro atoms. The minimum Gasteiger partial charge on any atom is -0.314 e. The van der Waals surface area contributed by atoms with Crippen LogP contribution < -0.4 is 5.32 Å². The van der Waals surface area contributed by atoms with Crippen molar-refractivity contribution in [2.45, 2.75) is 46.1 Å². The van der Waals surface area contributed by atoms with Crippen LogP contribution in [0.4, 0.5) is 0 Å². The number of nitrogens with one attached hydrogen (secondary N) is 1. The van der Waals surface area contributed by atoms with Crippen molar-refractivity contribution in [3.05, 3.63) is 23.5 Å². The number of fused-ring (bicyclic) bond motifs is 1. The second-order valence-corrected chi connectivity index (χ2v) is 7.65. The average Bonchev–Trinajstić information content (AvgIpc) is 2.90. The predicted octanol–water partition coefficient (Wildman–Crippen LogP) is 3.35. The molecule has 0 aliphatic heterocycles. The highest BCUT2D eigenvalue weighted by Gasteiger charge is 2.28. The summed E-state index contributed by atoms with van der Waals surface area (Å²) in [4.78, 5) is 5.83. The monoisotopic (exact) mass is 277 g/mol. The van der Waals surface area contributed by atoms with E-state index in [1.54, 1.807) is 11.3 Å². The highest BCUT2D eigenvalue weighted by atomic mass is 32.1. The summed E-state index contributed by atoms with van der Waals surface area (Å²) in [6.45, 7) is 8.12. The summed E-state index contributed by atoms with van der Waals surface area (Å²) in [6.07, 6.45) is 8.05. The molecule has 3 rings (SSSR count). The van der Waals surface area contributed by atoms with Gasteiger partial charge >= 0.3 is 0 Å². The zero-order valence-electron chi connectivity index (χ0n) is 12.0. The Labute approximate surface area is 119 Å². The van der Waals surface area contributed by atoms with Gasteiger partial charge in [-0.15, -0.1) is 11.3 Å². The Balaban J connectivity index is 1.69. The van der Waals surface area contributed by atoms with E-state index >= 15 is 0 Å². The molecule has 1 N–H and O–H groups in total. The molecular formula is C15H23N3S. The van der Waals surface area contributed by atoms with Gasteiger partial charge in [0.25, 0.3) is 0 Å². The van der Waals surface area contributed by atoms with Crippen molar-refractivity contribution in [3.63, 3.8) is 0 Å². The number of aromatic nitrogens is 2. The molecule has 19 heavy (non-hydrogen) atoms. The lowest BCUT2D eigenvalue weighted by atomic mass is 9.78. The van der Waals surface area contributed by atoms with Crippen LogP contribution in [0, 0.1) is 11.3 Å². The normalized spacial score (nSPS) is 18.1. The molecule has 0 saturated heterocycles.